The van der Waals surface area contributed by atoms with E-state index in [4.69, 9.17) is 0 Å². The van der Waals surface area contributed by atoms with Gasteiger partial charge in [-0.15, -0.1) is 0 Å². The van der Waals surface area contributed by atoms with Gasteiger partial charge in [-0.25, -0.2) is 4.98 Å². The molecule has 1 aromatic carbocycles. The van der Waals surface area contributed by atoms with Crippen LogP contribution in [-0.4, -0.2) is 80.2 Å². The molecule has 1 aliphatic rings. The maximum absolute atomic E-state index is 12.9. The molecule has 0 aliphatic carbocycles. The molecular formula is C27H38N4O5. The van der Waals surface area contributed by atoms with Gasteiger partial charge in [-0.2, -0.15) is 0 Å². The van der Waals surface area contributed by atoms with Crippen LogP contribution in [0.15, 0.2) is 36.4 Å². The molecule has 0 saturated carbocycles. The predicted molar refractivity (Wildman–Crippen MR) is 136 cm³/mol. The van der Waals surface area contributed by atoms with Gasteiger partial charge in [0.15, 0.2) is 0 Å². The number of hydrogen-bond donors (Lipinski definition) is 4. The van der Waals surface area contributed by atoms with E-state index in [1.807, 2.05) is 43.0 Å². The van der Waals surface area contributed by atoms with Gasteiger partial charge < -0.3 is 30.4 Å². The molecule has 4 N–H and O–H groups in total. The normalized spacial score (nSPS) is 16.7. The third kappa shape index (κ3) is 7.25. The molecule has 0 spiro atoms. The lowest BCUT2D eigenvalue weighted by atomic mass is 9.93. The Morgan fingerprint density at radius 1 is 1.25 bits per heavy atom. The minimum atomic E-state index is -0.898. The van der Waals surface area contributed by atoms with Gasteiger partial charge >= 0.3 is 0 Å². The Bertz CT molecular complexity index is 1070. The summed E-state index contributed by atoms with van der Waals surface area (Å²) in [6, 6.07) is 11.0. The number of pyridine rings is 1. The van der Waals surface area contributed by atoms with Crippen molar-refractivity contribution < 1.29 is 24.9 Å². The number of likely N-dealkylation sites (N-methyl/N-ethyl adjacent to an activating group) is 1. The summed E-state index contributed by atoms with van der Waals surface area (Å²) < 4.78 is 0. The third-order valence-corrected chi connectivity index (χ3v) is 6.79. The maximum atomic E-state index is 12.9. The fourth-order valence-corrected chi connectivity index (χ4v) is 4.54. The summed E-state index contributed by atoms with van der Waals surface area (Å²) in [6.07, 6.45) is 0.901. The number of carbonyl (C=O) groups excluding carboxylic acids is 2. The Labute approximate surface area is 212 Å². The van der Waals surface area contributed by atoms with Crippen LogP contribution in [0.5, 0.6) is 5.75 Å². The summed E-state index contributed by atoms with van der Waals surface area (Å²) in [5.74, 6) is -0.0243. The number of amides is 2. The SMILES string of the molecule is CC(=O)N(C)C1CCN(C(=O)Cc2cccc(CC(C)(C)NCC(O)c3ccc(O)c(CO)n3)c2)C1. The van der Waals surface area contributed by atoms with E-state index in [2.05, 4.69) is 10.3 Å². The second-order valence-corrected chi connectivity index (χ2v) is 10.2. The lowest BCUT2D eigenvalue weighted by Crippen LogP contribution is -2.43. The number of carbonyl (C=O) groups is 2. The molecule has 3 rings (SSSR count). The Balaban J connectivity index is 1.55. The minimum Gasteiger partial charge on any atom is -0.506 e. The number of nitrogens with zero attached hydrogens (tertiary/aromatic N) is 3. The highest BCUT2D eigenvalue weighted by atomic mass is 16.3. The molecular weight excluding hydrogens is 460 g/mol. The lowest BCUT2D eigenvalue weighted by Gasteiger charge is -2.28. The highest BCUT2D eigenvalue weighted by molar-refractivity contribution is 5.79. The van der Waals surface area contributed by atoms with E-state index in [0.717, 1.165) is 17.5 Å². The van der Waals surface area contributed by atoms with Crippen LogP contribution in [0.25, 0.3) is 0 Å². The van der Waals surface area contributed by atoms with Crippen molar-refractivity contribution in [2.75, 3.05) is 26.7 Å². The van der Waals surface area contributed by atoms with Crippen LogP contribution in [0.2, 0.25) is 0 Å². The number of β-amino-alcohol motifs (C(OH)–C–C–N with tert-alkyl or cyclic N) is 1. The van der Waals surface area contributed by atoms with Crippen molar-refractivity contribution in [2.24, 2.45) is 0 Å². The molecule has 2 aromatic rings. The number of nitrogens with one attached hydrogen (secondary N) is 1. The van der Waals surface area contributed by atoms with Gasteiger partial charge in [0, 0.05) is 39.1 Å². The summed E-state index contributed by atoms with van der Waals surface area (Å²) in [6.45, 7) is 6.70. The van der Waals surface area contributed by atoms with Crippen LogP contribution in [0.1, 0.15) is 55.8 Å². The van der Waals surface area contributed by atoms with Crippen LogP contribution < -0.4 is 5.32 Å². The van der Waals surface area contributed by atoms with Crippen molar-refractivity contribution >= 4 is 11.8 Å². The Morgan fingerprint density at radius 2 is 1.97 bits per heavy atom. The topological polar surface area (TPSA) is 126 Å². The number of aliphatic hydroxyl groups is 2. The summed E-state index contributed by atoms with van der Waals surface area (Å²) in [4.78, 5) is 32.2. The molecule has 2 amide bonds. The predicted octanol–water partition coefficient (Wildman–Crippen LogP) is 1.55. The van der Waals surface area contributed by atoms with Gasteiger partial charge in [0.25, 0.3) is 0 Å². The average molecular weight is 499 g/mol. The zero-order valence-corrected chi connectivity index (χ0v) is 21.6. The van der Waals surface area contributed by atoms with Gasteiger partial charge in [0.2, 0.25) is 11.8 Å². The summed E-state index contributed by atoms with van der Waals surface area (Å²) in [7, 11) is 1.78. The van der Waals surface area contributed by atoms with Gasteiger partial charge in [0.1, 0.15) is 17.5 Å². The molecule has 1 fully saturated rings. The summed E-state index contributed by atoms with van der Waals surface area (Å²) in [5, 5.41) is 32.9. The first-order chi connectivity index (χ1) is 17.0. The van der Waals surface area contributed by atoms with Gasteiger partial charge in [-0.1, -0.05) is 24.3 Å². The van der Waals surface area contributed by atoms with Crippen LogP contribution in [0, 0.1) is 0 Å². The number of hydrogen-bond acceptors (Lipinski definition) is 7. The molecule has 2 heterocycles. The lowest BCUT2D eigenvalue weighted by molar-refractivity contribution is -0.132. The molecule has 2 unspecified atom stereocenters. The van der Waals surface area contributed by atoms with E-state index >= 15 is 0 Å². The monoisotopic (exact) mass is 498 g/mol. The smallest absolute Gasteiger partial charge is 0.227 e. The molecule has 0 bridgehead atoms. The zero-order valence-electron chi connectivity index (χ0n) is 21.6. The van der Waals surface area contributed by atoms with Crippen molar-refractivity contribution in [2.45, 2.75) is 64.3 Å². The number of rotatable bonds is 10. The van der Waals surface area contributed by atoms with E-state index in [-0.39, 0.29) is 41.4 Å². The van der Waals surface area contributed by atoms with Crippen molar-refractivity contribution in [3.8, 4) is 5.75 Å². The van der Waals surface area contributed by atoms with E-state index in [0.29, 0.717) is 31.6 Å². The molecule has 36 heavy (non-hydrogen) atoms. The average Bonchev–Trinajstić information content (AvgIpc) is 3.33. The first-order valence-corrected chi connectivity index (χ1v) is 12.3. The Morgan fingerprint density at radius 3 is 2.67 bits per heavy atom. The highest BCUT2D eigenvalue weighted by Gasteiger charge is 2.30. The van der Waals surface area contributed by atoms with Crippen molar-refractivity contribution in [3.63, 3.8) is 0 Å². The minimum absolute atomic E-state index is 0.0139. The molecule has 1 aromatic heterocycles. The quantitative estimate of drug-likeness (QED) is 0.392. The van der Waals surface area contributed by atoms with E-state index in [1.54, 1.807) is 18.9 Å². The van der Waals surface area contributed by atoms with E-state index in [9.17, 15) is 24.9 Å². The molecule has 9 nitrogen and oxygen atoms in total. The Hall–Kier alpha value is -3.01. The van der Waals surface area contributed by atoms with Crippen molar-refractivity contribution in [1.82, 2.24) is 20.1 Å². The number of aromatic nitrogens is 1. The van der Waals surface area contributed by atoms with Crippen LogP contribution >= 0.6 is 0 Å². The standard InChI is InChI=1S/C27H38N4O5/c1-18(33)30(4)21-10-11-31(16-21)26(36)13-19-6-5-7-20(12-19)14-27(2,3)28-15-25(35)22-8-9-24(34)23(17-32)29-22/h5-9,12,21,25,28,32,34-35H,10-11,13-17H2,1-4H3. The fraction of sp³-hybridized carbons (Fsp3) is 0.519. The molecule has 2 atom stereocenters. The third-order valence-electron chi connectivity index (χ3n) is 6.79. The second kappa shape index (κ2) is 11.8. The maximum Gasteiger partial charge on any atom is 0.227 e. The highest BCUT2D eigenvalue weighted by Crippen LogP contribution is 2.21. The summed E-state index contributed by atoms with van der Waals surface area (Å²) >= 11 is 0. The zero-order chi connectivity index (χ0) is 26.5. The van der Waals surface area contributed by atoms with E-state index in [1.165, 1.54) is 12.1 Å². The number of benzene rings is 1. The molecule has 9 heteroatoms. The van der Waals surface area contributed by atoms with Gasteiger partial charge in [-0.3, -0.25) is 9.59 Å². The molecule has 196 valence electrons. The second-order valence-electron chi connectivity index (χ2n) is 10.2. The Kier molecular flexibility index (Phi) is 9.05. The molecule has 1 saturated heterocycles. The van der Waals surface area contributed by atoms with Gasteiger partial charge in [-0.05, 0) is 49.9 Å². The van der Waals surface area contributed by atoms with Crippen molar-refractivity contribution in [3.05, 3.63) is 58.9 Å². The van der Waals surface area contributed by atoms with E-state index < -0.39 is 12.7 Å². The van der Waals surface area contributed by atoms with Crippen molar-refractivity contribution in [1.29, 1.82) is 0 Å². The number of aliphatic hydroxyl groups excluding tert-OH is 2. The van der Waals surface area contributed by atoms with Crippen LogP contribution in [-0.2, 0) is 29.0 Å². The number of aromatic hydroxyl groups is 1. The number of likely N-dealkylation sites (tertiary alicyclic amines) is 1. The van der Waals surface area contributed by atoms with Crippen LogP contribution in [0.3, 0.4) is 0 Å². The fourth-order valence-electron chi connectivity index (χ4n) is 4.54. The first kappa shape index (κ1) is 27.6. The molecule has 1 aliphatic heterocycles. The summed E-state index contributed by atoms with van der Waals surface area (Å²) in [5.41, 5.74) is 2.18. The first-order valence-electron chi connectivity index (χ1n) is 12.3. The largest absolute Gasteiger partial charge is 0.506 e. The molecule has 0 radical (unpaired) electrons. The van der Waals surface area contributed by atoms with Crippen LogP contribution in [0.4, 0.5) is 0 Å². The van der Waals surface area contributed by atoms with Gasteiger partial charge in [0.05, 0.1) is 24.8 Å².